The average Bonchev–Trinajstić information content (AvgIpc) is 2.50. The minimum atomic E-state index is -0.710. The van der Waals surface area contributed by atoms with Crippen molar-refractivity contribution in [2.45, 2.75) is 78.6 Å². The number of nitrogens with zero attached hydrogens (tertiary/aromatic N) is 1. The Morgan fingerprint density at radius 2 is 1.24 bits per heavy atom. The zero-order chi connectivity index (χ0) is 15.9. The standard InChI is InChI=1S/C17H33NO3/c1-4-7-8-9-10-11-12-13-14-15-21-17(20)16(19)18(5-2)6-3/h4-15H2,1-3H3. The van der Waals surface area contributed by atoms with E-state index in [1.54, 1.807) is 0 Å². The van der Waals surface area contributed by atoms with Crippen molar-refractivity contribution in [2.24, 2.45) is 0 Å². The third kappa shape index (κ3) is 10.3. The van der Waals surface area contributed by atoms with Crippen molar-refractivity contribution in [1.29, 1.82) is 0 Å². The van der Waals surface area contributed by atoms with Gasteiger partial charge in [0.05, 0.1) is 6.61 Å². The van der Waals surface area contributed by atoms with E-state index in [-0.39, 0.29) is 0 Å². The number of esters is 1. The van der Waals surface area contributed by atoms with Gasteiger partial charge in [-0.1, -0.05) is 58.3 Å². The Labute approximate surface area is 130 Å². The molecule has 124 valence electrons. The van der Waals surface area contributed by atoms with Crippen LogP contribution in [-0.2, 0) is 14.3 Å². The van der Waals surface area contributed by atoms with Gasteiger partial charge in [0.2, 0.25) is 0 Å². The minimum Gasteiger partial charge on any atom is -0.459 e. The van der Waals surface area contributed by atoms with Crippen molar-refractivity contribution in [2.75, 3.05) is 19.7 Å². The molecule has 0 heterocycles. The van der Waals surface area contributed by atoms with Crippen LogP contribution in [0.1, 0.15) is 78.6 Å². The molecule has 0 aliphatic carbocycles. The van der Waals surface area contributed by atoms with Crippen LogP contribution < -0.4 is 0 Å². The second kappa shape index (κ2) is 13.9. The van der Waals surface area contributed by atoms with Crippen LogP contribution in [0.4, 0.5) is 0 Å². The molecule has 0 saturated heterocycles. The molecule has 0 aromatic heterocycles. The summed E-state index contributed by atoms with van der Waals surface area (Å²) in [4.78, 5) is 24.7. The summed E-state index contributed by atoms with van der Waals surface area (Å²) in [5.41, 5.74) is 0. The van der Waals surface area contributed by atoms with E-state index in [1.807, 2.05) is 13.8 Å². The summed E-state index contributed by atoms with van der Waals surface area (Å²) < 4.78 is 5.02. The molecule has 0 bridgehead atoms. The number of rotatable bonds is 12. The number of amides is 1. The van der Waals surface area contributed by atoms with Crippen molar-refractivity contribution < 1.29 is 14.3 Å². The Kier molecular flexibility index (Phi) is 13.2. The molecule has 0 rings (SSSR count). The lowest BCUT2D eigenvalue weighted by Crippen LogP contribution is -2.37. The van der Waals surface area contributed by atoms with Gasteiger partial charge in [0.15, 0.2) is 0 Å². The van der Waals surface area contributed by atoms with Gasteiger partial charge >= 0.3 is 11.9 Å². The van der Waals surface area contributed by atoms with Crippen LogP contribution in [0.2, 0.25) is 0 Å². The molecule has 0 aliphatic heterocycles. The van der Waals surface area contributed by atoms with Gasteiger partial charge in [-0.3, -0.25) is 4.79 Å². The molecule has 0 aromatic rings. The fraction of sp³-hybridized carbons (Fsp3) is 0.882. The number of unbranched alkanes of at least 4 members (excludes halogenated alkanes) is 8. The Bertz CT molecular complexity index is 275. The van der Waals surface area contributed by atoms with Crippen LogP contribution in [-0.4, -0.2) is 36.5 Å². The highest BCUT2D eigenvalue weighted by Crippen LogP contribution is 2.09. The van der Waals surface area contributed by atoms with Gasteiger partial charge in [-0.15, -0.1) is 0 Å². The third-order valence-electron chi connectivity index (χ3n) is 3.71. The minimum absolute atomic E-state index is 0.363. The molecule has 4 heteroatoms. The molecule has 0 unspecified atom stereocenters. The normalized spacial score (nSPS) is 10.4. The highest BCUT2D eigenvalue weighted by molar-refractivity contribution is 6.32. The molecule has 0 fully saturated rings. The first-order chi connectivity index (χ1) is 10.2. The van der Waals surface area contributed by atoms with E-state index in [1.165, 1.54) is 49.8 Å². The van der Waals surface area contributed by atoms with Gasteiger partial charge in [-0.25, -0.2) is 4.79 Å². The zero-order valence-electron chi connectivity index (χ0n) is 14.2. The van der Waals surface area contributed by atoms with E-state index in [4.69, 9.17) is 4.74 Å². The molecule has 0 atom stereocenters. The van der Waals surface area contributed by atoms with Crippen LogP contribution in [0, 0.1) is 0 Å². The summed E-state index contributed by atoms with van der Waals surface area (Å²) in [5, 5.41) is 0. The number of carbonyl (C=O) groups excluding carboxylic acids is 2. The zero-order valence-corrected chi connectivity index (χ0v) is 14.2. The first-order valence-corrected chi connectivity index (χ1v) is 8.63. The summed E-state index contributed by atoms with van der Waals surface area (Å²) in [6, 6.07) is 0. The fourth-order valence-electron chi connectivity index (χ4n) is 2.28. The first-order valence-electron chi connectivity index (χ1n) is 8.63. The Morgan fingerprint density at radius 3 is 1.71 bits per heavy atom. The third-order valence-corrected chi connectivity index (χ3v) is 3.71. The van der Waals surface area contributed by atoms with Crippen molar-refractivity contribution in [3.63, 3.8) is 0 Å². The molecule has 21 heavy (non-hydrogen) atoms. The van der Waals surface area contributed by atoms with Crippen molar-refractivity contribution in [3.05, 3.63) is 0 Å². The maximum absolute atomic E-state index is 11.6. The predicted octanol–water partition coefficient (Wildman–Crippen LogP) is 3.93. The number of hydrogen-bond acceptors (Lipinski definition) is 3. The SMILES string of the molecule is CCCCCCCCCCCOC(=O)C(=O)N(CC)CC. The summed E-state index contributed by atoms with van der Waals surface area (Å²) in [7, 11) is 0. The summed E-state index contributed by atoms with van der Waals surface area (Å²) in [5.74, 6) is -1.23. The van der Waals surface area contributed by atoms with Crippen LogP contribution in [0.15, 0.2) is 0 Å². The summed E-state index contributed by atoms with van der Waals surface area (Å²) in [6.45, 7) is 7.39. The molecular formula is C17H33NO3. The lowest BCUT2D eigenvalue weighted by Gasteiger charge is -2.17. The lowest BCUT2D eigenvalue weighted by molar-refractivity contribution is -0.160. The molecule has 0 saturated carbocycles. The van der Waals surface area contributed by atoms with Crippen molar-refractivity contribution >= 4 is 11.9 Å². The second-order valence-electron chi connectivity index (χ2n) is 5.44. The molecule has 1 amide bonds. The highest BCUT2D eigenvalue weighted by Gasteiger charge is 2.20. The van der Waals surface area contributed by atoms with Crippen LogP contribution in [0.5, 0.6) is 0 Å². The highest BCUT2D eigenvalue weighted by atomic mass is 16.5. The smallest absolute Gasteiger partial charge is 0.397 e. The first kappa shape index (κ1) is 19.9. The molecule has 0 N–H and O–H groups in total. The predicted molar refractivity (Wildman–Crippen MR) is 86.1 cm³/mol. The van der Waals surface area contributed by atoms with Crippen LogP contribution in [0.3, 0.4) is 0 Å². The number of hydrogen-bond donors (Lipinski definition) is 0. The number of likely N-dealkylation sites (N-methyl/N-ethyl adjacent to an activating group) is 1. The van der Waals surface area contributed by atoms with Gasteiger partial charge in [0.1, 0.15) is 0 Å². The van der Waals surface area contributed by atoms with E-state index in [0.717, 1.165) is 12.8 Å². The summed E-state index contributed by atoms with van der Waals surface area (Å²) >= 11 is 0. The van der Waals surface area contributed by atoms with Gasteiger partial charge in [-0.05, 0) is 20.3 Å². The maximum atomic E-state index is 11.6. The van der Waals surface area contributed by atoms with E-state index < -0.39 is 11.9 Å². The second-order valence-corrected chi connectivity index (χ2v) is 5.44. The Morgan fingerprint density at radius 1 is 0.762 bits per heavy atom. The van der Waals surface area contributed by atoms with Gasteiger partial charge < -0.3 is 9.64 Å². The molecular weight excluding hydrogens is 266 g/mol. The van der Waals surface area contributed by atoms with Crippen molar-refractivity contribution in [1.82, 2.24) is 4.90 Å². The monoisotopic (exact) mass is 299 g/mol. The van der Waals surface area contributed by atoms with E-state index >= 15 is 0 Å². The molecule has 0 aliphatic rings. The molecule has 0 radical (unpaired) electrons. The van der Waals surface area contributed by atoms with Crippen LogP contribution >= 0.6 is 0 Å². The van der Waals surface area contributed by atoms with Crippen LogP contribution in [0.25, 0.3) is 0 Å². The Hall–Kier alpha value is -1.06. The molecule has 0 aromatic carbocycles. The van der Waals surface area contributed by atoms with E-state index in [0.29, 0.717) is 19.7 Å². The largest absolute Gasteiger partial charge is 0.459 e. The summed E-state index contributed by atoms with van der Waals surface area (Å²) in [6.07, 6.45) is 11.0. The van der Waals surface area contributed by atoms with Gasteiger partial charge in [0.25, 0.3) is 0 Å². The molecule has 0 spiro atoms. The Balaban J connectivity index is 3.46. The van der Waals surface area contributed by atoms with Gasteiger partial charge in [0, 0.05) is 13.1 Å². The van der Waals surface area contributed by atoms with Gasteiger partial charge in [-0.2, -0.15) is 0 Å². The van der Waals surface area contributed by atoms with E-state index in [9.17, 15) is 9.59 Å². The lowest BCUT2D eigenvalue weighted by atomic mass is 10.1. The van der Waals surface area contributed by atoms with E-state index in [2.05, 4.69) is 6.92 Å². The maximum Gasteiger partial charge on any atom is 0.397 e. The fourth-order valence-corrected chi connectivity index (χ4v) is 2.28. The average molecular weight is 299 g/mol. The number of ether oxygens (including phenoxy) is 1. The molecule has 4 nitrogen and oxygen atoms in total. The number of carbonyl (C=O) groups is 2. The quantitative estimate of drug-likeness (QED) is 0.312. The topological polar surface area (TPSA) is 46.6 Å². The van der Waals surface area contributed by atoms with Crippen molar-refractivity contribution in [3.8, 4) is 0 Å².